The second-order valence-electron chi connectivity index (χ2n) is 20.2. The Morgan fingerprint density at radius 1 is 0.915 bits per heavy atom. The highest BCUT2D eigenvalue weighted by atomic mass is 35.5. The largest absolute Gasteiger partial charge is 0.489 e. The second-order valence-corrected chi connectivity index (χ2v) is 21.5. The molecule has 4 atom stereocenters. The summed E-state index contributed by atoms with van der Waals surface area (Å²) in [5.41, 5.74) is 3.40. The van der Waals surface area contributed by atoms with Crippen molar-refractivity contribution in [3.05, 3.63) is 118 Å². The lowest BCUT2D eigenvalue weighted by atomic mass is 9.49. The number of carbonyl (C=O) groups excluding carboxylic acids is 5. The molecule has 372 valence electrons. The number of benzene rings is 2. The molecule has 1 aliphatic heterocycles. The molecule has 2 aliphatic rings. The van der Waals surface area contributed by atoms with Gasteiger partial charge in [-0.3, -0.25) is 29.0 Å². The van der Waals surface area contributed by atoms with E-state index in [1.54, 1.807) is 81.9 Å². The second kappa shape index (κ2) is 20.8. The molecule has 3 aromatic heterocycles. The third-order valence-electron chi connectivity index (χ3n) is 13.1. The van der Waals surface area contributed by atoms with E-state index in [4.69, 9.17) is 21.1 Å². The smallest absolute Gasteiger partial charge is 0.253 e. The van der Waals surface area contributed by atoms with Crippen LogP contribution in [0.4, 0.5) is 0 Å². The lowest BCUT2D eigenvalue weighted by Gasteiger charge is -2.63. The monoisotopic (exact) mass is 1000 g/mol. The molecule has 1 unspecified atom stereocenters. The van der Waals surface area contributed by atoms with Gasteiger partial charge >= 0.3 is 0 Å². The number of pyridine rings is 2. The number of halogens is 1. The number of aliphatic hydroxyl groups is 1. The SMILES string of the molecule is Cc1ncsc1-c1ccc([C@H](C)NC(=O)[C@@H]2C[C@@H](O)CN2C(=O)C(NC(=O)CNC(=O)c2ccc(Oc3ccc(C(=O)NC4C(C)(C)C(Oc5ccc(C#N)c(Cl)c5)C4(C)C)cn3)cc2)C(C)(C)C)nc1. The zero-order chi connectivity index (χ0) is 51.6. The molecule has 1 saturated carbocycles. The Labute approximate surface area is 421 Å². The zero-order valence-electron chi connectivity index (χ0n) is 41.0. The Morgan fingerprint density at radius 3 is 2.20 bits per heavy atom. The van der Waals surface area contributed by atoms with E-state index in [2.05, 4.69) is 36.2 Å². The van der Waals surface area contributed by atoms with Crippen molar-refractivity contribution in [2.45, 2.75) is 105 Å². The first-order valence-corrected chi connectivity index (χ1v) is 24.4. The average molecular weight is 1000 g/mol. The summed E-state index contributed by atoms with van der Waals surface area (Å²) in [5, 5.41) is 31.6. The van der Waals surface area contributed by atoms with E-state index in [0.717, 1.165) is 16.1 Å². The fourth-order valence-corrected chi connectivity index (χ4v) is 10.5. The van der Waals surface area contributed by atoms with Gasteiger partial charge in [-0.2, -0.15) is 5.26 Å². The molecule has 17 nitrogen and oxygen atoms in total. The van der Waals surface area contributed by atoms with E-state index in [1.165, 1.54) is 34.6 Å². The summed E-state index contributed by atoms with van der Waals surface area (Å²) in [5.74, 6) is -1.38. The van der Waals surface area contributed by atoms with E-state index >= 15 is 0 Å². The van der Waals surface area contributed by atoms with Gasteiger partial charge in [-0.1, -0.05) is 66.1 Å². The van der Waals surface area contributed by atoms with Crippen molar-refractivity contribution < 1.29 is 38.6 Å². The van der Waals surface area contributed by atoms with Gasteiger partial charge in [0.05, 0.1) is 56.6 Å². The Kier molecular flexibility index (Phi) is 15.2. The summed E-state index contributed by atoms with van der Waals surface area (Å²) < 4.78 is 12.2. The number of carbonyl (C=O) groups is 5. The van der Waals surface area contributed by atoms with Crippen molar-refractivity contribution in [1.82, 2.24) is 41.1 Å². The lowest BCUT2D eigenvalue weighted by Crippen LogP contribution is -2.74. The van der Waals surface area contributed by atoms with Crippen molar-refractivity contribution >= 4 is 52.5 Å². The van der Waals surface area contributed by atoms with Gasteiger partial charge in [0.2, 0.25) is 23.6 Å². The van der Waals surface area contributed by atoms with Gasteiger partial charge in [0.1, 0.15) is 35.8 Å². The quantitative estimate of drug-likeness (QED) is 0.0717. The van der Waals surface area contributed by atoms with Crippen LogP contribution in [-0.2, 0) is 14.4 Å². The molecule has 1 aliphatic carbocycles. The topological polar surface area (TPSA) is 238 Å². The van der Waals surface area contributed by atoms with Gasteiger partial charge < -0.3 is 40.7 Å². The number of ether oxygens (including phenoxy) is 2. The molecule has 1 saturated heterocycles. The third-order valence-corrected chi connectivity index (χ3v) is 14.3. The number of aromatic nitrogens is 3. The molecular weight excluding hydrogens is 946 g/mol. The van der Waals surface area contributed by atoms with E-state index in [9.17, 15) is 34.3 Å². The summed E-state index contributed by atoms with van der Waals surface area (Å²) in [6.07, 6.45) is 1.94. The fourth-order valence-electron chi connectivity index (χ4n) is 9.53. The Balaban J connectivity index is 0.884. The molecule has 71 heavy (non-hydrogen) atoms. The van der Waals surface area contributed by atoms with Crippen molar-refractivity contribution in [3.8, 4) is 33.9 Å². The molecule has 5 N–H and O–H groups in total. The van der Waals surface area contributed by atoms with Crippen molar-refractivity contribution in [2.24, 2.45) is 16.2 Å². The Morgan fingerprint density at radius 2 is 1.61 bits per heavy atom. The standard InChI is InChI=1S/C52H58ClN9O8S/c1-28(38-18-13-32(23-55-38)42-29(2)58-27-71-42)59-46(67)39-20-34(63)26-62(39)47(68)43(50(3,4)5)60-40(64)25-57-44(65)30-10-15-35(16-11-30)69-41-19-14-33(24-56-41)45(66)61-48-51(6,7)49(52(48,8)9)70-36-17-12-31(22-54)37(53)21-36/h10-19,21,23-24,27-28,34,39,43,48-49,63H,20,25-26H2,1-9H3,(H,57,65)(H,59,67)(H,60,64)(H,61,66)/t28-,34+,39-,43?,48?,49?/m0/s1. The first-order valence-electron chi connectivity index (χ1n) is 23.1. The van der Waals surface area contributed by atoms with Gasteiger partial charge in [0.15, 0.2) is 0 Å². The highest BCUT2D eigenvalue weighted by molar-refractivity contribution is 7.13. The van der Waals surface area contributed by atoms with Crippen LogP contribution in [0.3, 0.4) is 0 Å². The van der Waals surface area contributed by atoms with Gasteiger partial charge in [0.25, 0.3) is 11.8 Å². The number of nitriles is 1. The number of nitrogens with one attached hydrogen (secondary N) is 4. The minimum atomic E-state index is -1.10. The van der Waals surface area contributed by atoms with Crippen molar-refractivity contribution in [1.29, 1.82) is 5.26 Å². The summed E-state index contributed by atoms with van der Waals surface area (Å²) in [4.78, 5) is 83.1. The molecule has 0 spiro atoms. The highest BCUT2D eigenvalue weighted by Crippen LogP contribution is 2.55. The average Bonchev–Trinajstić information content (AvgIpc) is 3.95. The lowest BCUT2D eigenvalue weighted by molar-refractivity contribution is -0.164. The molecule has 19 heteroatoms. The Hall–Kier alpha value is -6.94. The number of likely N-dealkylation sites (tertiary alicyclic amines) is 1. The molecule has 2 aromatic carbocycles. The summed E-state index contributed by atoms with van der Waals surface area (Å²) in [6.45, 7) is 16.5. The number of thiazole rings is 1. The van der Waals surface area contributed by atoms with Gasteiger partial charge in [0, 0.05) is 65.5 Å². The van der Waals surface area contributed by atoms with Gasteiger partial charge in [-0.15, -0.1) is 11.3 Å². The van der Waals surface area contributed by atoms with Crippen LogP contribution in [0.15, 0.2) is 84.6 Å². The van der Waals surface area contributed by atoms with Crippen molar-refractivity contribution in [3.63, 3.8) is 0 Å². The first kappa shape index (κ1) is 51.9. The normalized spacial score (nSPS) is 19.8. The molecule has 0 bridgehead atoms. The maximum Gasteiger partial charge on any atom is 0.253 e. The number of β-amino-alcohol motifs (C(OH)–C–C–N with tert-alkyl or cyclic N) is 1. The Bertz CT molecular complexity index is 2830. The van der Waals surface area contributed by atoms with E-state index in [0.29, 0.717) is 33.3 Å². The molecule has 5 aromatic rings. The maximum absolute atomic E-state index is 14.1. The van der Waals surface area contributed by atoms with E-state index in [1.807, 2.05) is 52.8 Å². The van der Waals surface area contributed by atoms with E-state index < -0.39 is 70.6 Å². The highest BCUT2D eigenvalue weighted by Gasteiger charge is 2.64. The molecule has 4 heterocycles. The number of aryl methyl sites for hydroxylation is 1. The van der Waals surface area contributed by atoms with Crippen LogP contribution < -0.4 is 30.7 Å². The first-order chi connectivity index (χ1) is 33.5. The summed E-state index contributed by atoms with van der Waals surface area (Å²) in [6, 6.07) is 17.2. The molecule has 2 fully saturated rings. The van der Waals surface area contributed by atoms with Crippen LogP contribution in [0.5, 0.6) is 17.4 Å². The van der Waals surface area contributed by atoms with E-state index in [-0.39, 0.29) is 42.5 Å². The number of nitrogens with zero attached hydrogens (tertiary/aromatic N) is 5. The molecular formula is C52H58ClN9O8S. The van der Waals surface area contributed by atoms with Crippen LogP contribution >= 0.6 is 22.9 Å². The van der Waals surface area contributed by atoms with Gasteiger partial charge in [-0.25, -0.2) is 9.97 Å². The number of hydrogen-bond acceptors (Lipinski definition) is 13. The third kappa shape index (κ3) is 11.5. The molecule has 0 radical (unpaired) electrons. The van der Waals surface area contributed by atoms with Crippen molar-refractivity contribution in [2.75, 3.05) is 13.1 Å². The minimum absolute atomic E-state index is 0.0186. The minimum Gasteiger partial charge on any atom is -0.489 e. The predicted molar refractivity (Wildman–Crippen MR) is 267 cm³/mol. The zero-order valence-corrected chi connectivity index (χ0v) is 42.6. The maximum atomic E-state index is 14.1. The predicted octanol–water partition coefficient (Wildman–Crippen LogP) is 6.94. The van der Waals surface area contributed by atoms with Crippen LogP contribution in [-0.4, -0.2) is 97.9 Å². The van der Waals surface area contributed by atoms with Crippen LogP contribution in [0.1, 0.15) is 106 Å². The van der Waals surface area contributed by atoms with Crippen LogP contribution in [0.2, 0.25) is 5.02 Å². The molecule has 5 amide bonds. The fraction of sp³-hybridized carbons (Fsp3) is 0.404. The number of amides is 5. The van der Waals surface area contributed by atoms with Crippen LogP contribution in [0, 0.1) is 34.5 Å². The number of hydrogen-bond donors (Lipinski definition) is 5. The number of rotatable bonds is 15. The van der Waals surface area contributed by atoms with Crippen LogP contribution in [0.25, 0.3) is 10.4 Å². The molecule has 7 rings (SSSR count). The number of aliphatic hydroxyl groups excluding tert-OH is 1. The summed E-state index contributed by atoms with van der Waals surface area (Å²) >= 11 is 7.75. The van der Waals surface area contributed by atoms with Gasteiger partial charge in [-0.05, 0) is 67.8 Å². The summed E-state index contributed by atoms with van der Waals surface area (Å²) in [7, 11) is 0.